The zero-order chi connectivity index (χ0) is 24.4. The number of nitrogens with zero attached hydrogens (tertiary/aromatic N) is 1. The van der Waals surface area contributed by atoms with E-state index in [2.05, 4.69) is 0 Å². The molecule has 2 aromatic carbocycles. The van der Waals surface area contributed by atoms with Crippen LogP contribution in [0.2, 0.25) is 5.02 Å². The molecular weight excluding hydrogens is 471 g/mol. The Morgan fingerprint density at radius 3 is 2.30 bits per heavy atom. The van der Waals surface area contributed by atoms with Crippen molar-refractivity contribution in [2.75, 3.05) is 13.3 Å². The van der Waals surface area contributed by atoms with Gasteiger partial charge in [-0.3, -0.25) is 14.4 Å². The Morgan fingerprint density at radius 2 is 1.76 bits per heavy atom. The first-order valence-electron chi connectivity index (χ1n) is 10.7. The number of benzene rings is 2. The molecule has 2 aromatic rings. The predicted molar refractivity (Wildman–Crippen MR) is 124 cm³/mol. The summed E-state index contributed by atoms with van der Waals surface area (Å²) in [6.45, 7) is 3.54. The van der Waals surface area contributed by atoms with Crippen molar-refractivity contribution in [3.05, 3.63) is 59.1 Å². The molecule has 182 valence electrons. The SMILES string of the molecule is CC(C)C[C@H](C(=O)NO)N(Cc1ccc(Cl)cc1)S(=O)(=O)c1ccc(OCCCCF)cc1. The van der Waals surface area contributed by atoms with Gasteiger partial charge in [-0.15, -0.1) is 0 Å². The van der Waals surface area contributed by atoms with Gasteiger partial charge in [-0.25, -0.2) is 13.9 Å². The second-order valence-corrected chi connectivity index (χ2v) is 10.3. The first-order valence-corrected chi connectivity index (χ1v) is 12.5. The average Bonchev–Trinajstić information content (AvgIpc) is 2.79. The van der Waals surface area contributed by atoms with Gasteiger partial charge in [0.2, 0.25) is 10.0 Å². The number of hydrogen-bond acceptors (Lipinski definition) is 5. The summed E-state index contributed by atoms with van der Waals surface area (Å²) in [4.78, 5) is 12.5. The zero-order valence-corrected chi connectivity index (χ0v) is 20.3. The molecule has 0 radical (unpaired) electrons. The molecule has 33 heavy (non-hydrogen) atoms. The molecule has 10 heteroatoms. The molecule has 0 fully saturated rings. The molecule has 2 rings (SSSR count). The number of halogens is 2. The van der Waals surface area contributed by atoms with E-state index in [9.17, 15) is 22.8 Å². The number of rotatable bonds is 13. The Hall–Kier alpha value is -2.20. The lowest BCUT2D eigenvalue weighted by molar-refractivity contribution is -0.133. The maximum Gasteiger partial charge on any atom is 0.261 e. The van der Waals surface area contributed by atoms with Crippen LogP contribution in [0.25, 0.3) is 0 Å². The van der Waals surface area contributed by atoms with E-state index in [0.29, 0.717) is 35.8 Å². The number of sulfonamides is 1. The Bertz CT molecular complexity index is 985. The molecule has 0 saturated heterocycles. The largest absolute Gasteiger partial charge is 0.494 e. The highest BCUT2D eigenvalue weighted by atomic mass is 35.5. The van der Waals surface area contributed by atoms with Crippen molar-refractivity contribution in [1.82, 2.24) is 9.79 Å². The second kappa shape index (κ2) is 12.9. The van der Waals surface area contributed by atoms with E-state index in [1.54, 1.807) is 29.7 Å². The topological polar surface area (TPSA) is 95.9 Å². The van der Waals surface area contributed by atoms with Gasteiger partial charge in [0.05, 0.1) is 18.2 Å². The monoisotopic (exact) mass is 500 g/mol. The molecule has 2 N–H and O–H groups in total. The molecule has 0 bridgehead atoms. The minimum atomic E-state index is -4.13. The average molecular weight is 501 g/mol. The highest BCUT2D eigenvalue weighted by molar-refractivity contribution is 7.89. The number of carbonyl (C=O) groups excluding carboxylic acids is 1. The van der Waals surface area contributed by atoms with Crippen molar-refractivity contribution in [1.29, 1.82) is 0 Å². The number of nitrogens with one attached hydrogen (secondary N) is 1. The number of ether oxygens (including phenoxy) is 1. The van der Waals surface area contributed by atoms with Crippen LogP contribution in [0.3, 0.4) is 0 Å². The summed E-state index contributed by atoms with van der Waals surface area (Å²) in [5.41, 5.74) is 2.23. The van der Waals surface area contributed by atoms with E-state index in [1.807, 2.05) is 13.8 Å². The molecule has 0 heterocycles. The molecule has 0 spiro atoms. The molecule has 0 aromatic heterocycles. The number of hydrogen-bond donors (Lipinski definition) is 2. The van der Waals surface area contributed by atoms with Gasteiger partial charge >= 0.3 is 0 Å². The van der Waals surface area contributed by atoms with Gasteiger partial charge in [0.25, 0.3) is 5.91 Å². The fourth-order valence-corrected chi connectivity index (χ4v) is 4.95. The van der Waals surface area contributed by atoms with Crippen LogP contribution in [0.5, 0.6) is 5.75 Å². The minimum absolute atomic E-state index is 0.0182. The third-order valence-corrected chi connectivity index (χ3v) is 7.05. The van der Waals surface area contributed by atoms with E-state index >= 15 is 0 Å². The van der Waals surface area contributed by atoms with Crippen LogP contribution >= 0.6 is 11.6 Å². The van der Waals surface area contributed by atoms with Crippen LogP contribution in [0, 0.1) is 5.92 Å². The van der Waals surface area contributed by atoms with Crippen LogP contribution in [0.4, 0.5) is 4.39 Å². The Morgan fingerprint density at radius 1 is 1.12 bits per heavy atom. The lowest BCUT2D eigenvalue weighted by Gasteiger charge is -2.30. The number of amides is 1. The fourth-order valence-electron chi connectivity index (χ4n) is 3.24. The summed E-state index contributed by atoms with van der Waals surface area (Å²) in [6.07, 6.45) is 1.16. The minimum Gasteiger partial charge on any atom is -0.494 e. The van der Waals surface area contributed by atoms with E-state index in [1.165, 1.54) is 24.3 Å². The van der Waals surface area contributed by atoms with Gasteiger partial charge < -0.3 is 4.74 Å². The molecule has 1 atom stereocenters. The van der Waals surface area contributed by atoms with E-state index in [0.717, 1.165) is 4.31 Å². The van der Waals surface area contributed by atoms with Crippen molar-refractivity contribution in [2.24, 2.45) is 5.92 Å². The molecule has 0 aliphatic rings. The van der Waals surface area contributed by atoms with Gasteiger partial charge in [-0.2, -0.15) is 4.31 Å². The summed E-state index contributed by atoms with van der Waals surface area (Å²) in [6, 6.07) is 11.4. The Labute approximate surface area is 199 Å². The van der Waals surface area contributed by atoms with Gasteiger partial charge in [0.15, 0.2) is 0 Å². The molecule has 0 aliphatic carbocycles. The summed E-state index contributed by atoms with van der Waals surface area (Å²) >= 11 is 5.95. The van der Waals surface area contributed by atoms with E-state index < -0.39 is 28.6 Å². The quantitative estimate of drug-likeness (QED) is 0.238. The molecule has 1 amide bonds. The number of alkyl halides is 1. The summed E-state index contributed by atoms with van der Waals surface area (Å²) in [7, 11) is -4.13. The van der Waals surface area contributed by atoms with Crippen molar-refractivity contribution in [3.63, 3.8) is 0 Å². The highest BCUT2D eigenvalue weighted by Gasteiger charge is 2.36. The predicted octanol–water partition coefficient (Wildman–Crippen LogP) is 4.58. The highest BCUT2D eigenvalue weighted by Crippen LogP contribution is 2.26. The third-order valence-electron chi connectivity index (χ3n) is 4.93. The van der Waals surface area contributed by atoms with Gasteiger partial charge in [0.1, 0.15) is 11.8 Å². The van der Waals surface area contributed by atoms with Crippen LogP contribution < -0.4 is 10.2 Å². The van der Waals surface area contributed by atoms with Crippen LogP contribution in [0.15, 0.2) is 53.4 Å². The smallest absolute Gasteiger partial charge is 0.261 e. The lowest BCUT2D eigenvalue weighted by Crippen LogP contribution is -2.49. The number of unbranched alkanes of at least 4 members (excludes halogenated alkanes) is 1. The zero-order valence-electron chi connectivity index (χ0n) is 18.7. The van der Waals surface area contributed by atoms with Crippen molar-refractivity contribution >= 4 is 27.5 Å². The van der Waals surface area contributed by atoms with E-state index in [-0.39, 0.29) is 23.8 Å². The molecule has 0 aliphatic heterocycles. The van der Waals surface area contributed by atoms with Crippen LogP contribution in [0.1, 0.15) is 38.7 Å². The van der Waals surface area contributed by atoms with E-state index in [4.69, 9.17) is 16.3 Å². The van der Waals surface area contributed by atoms with Crippen molar-refractivity contribution in [3.8, 4) is 5.75 Å². The maximum atomic E-state index is 13.6. The first kappa shape index (κ1) is 27.0. The van der Waals surface area contributed by atoms with Crippen molar-refractivity contribution in [2.45, 2.75) is 50.6 Å². The molecular formula is C23H30ClFN2O5S. The number of hydroxylamine groups is 1. The summed E-state index contributed by atoms with van der Waals surface area (Å²) in [5.74, 6) is -0.367. The lowest BCUT2D eigenvalue weighted by atomic mass is 10.0. The van der Waals surface area contributed by atoms with Crippen LogP contribution in [-0.2, 0) is 21.4 Å². The summed E-state index contributed by atoms with van der Waals surface area (Å²) < 4.78 is 46.0. The Balaban J connectivity index is 2.38. The molecule has 0 saturated carbocycles. The molecule has 0 unspecified atom stereocenters. The standard InChI is InChI=1S/C23H30ClFN2O5S/c1-17(2)15-22(23(28)26-29)27(16-18-5-7-19(24)8-6-18)33(30,31)21-11-9-20(10-12-21)32-14-4-3-13-25/h5-12,17,22,29H,3-4,13-16H2,1-2H3,(H,26,28)/t22-/m1/s1. The van der Waals surface area contributed by atoms with Crippen molar-refractivity contribution < 1.29 is 27.5 Å². The normalized spacial score (nSPS) is 12.7. The van der Waals surface area contributed by atoms with Gasteiger partial charge in [-0.1, -0.05) is 37.6 Å². The second-order valence-electron chi connectivity index (χ2n) is 8.01. The van der Waals surface area contributed by atoms with Gasteiger partial charge in [-0.05, 0) is 67.1 Å². The maximum absolute atomic E-state index is 13.6. The number of carbonyl (C=O) groups is 1. The summed E-state index contributed by atoms with van der Waals surface area (Å²) in [5, 5.41) is 9.79. The third kappa shape index (κ3) is 7.96. The van der Waals surface area contributed by atoms with Crippen LogP contribution in [-0.4, -0.2) is 43.2 Å². The fraction of sp³-hybridized carbons (Fsp3) is 0.435. The van der Waals surface area contributed by atoms with Gasteiger partial charge in [0, 0.05) is 11.6 Å². The first-order chi connectivity index (χ1) is 15.7. The molecule has 7 nitrogen and oxygen atoms in total. The Kier molecular flexibility index (Phi) is 10.6.